The first-order valence-electron chi connectivity index (χ1n) is 7.61. The van der Waals surface area contributed by atoms with Crippen LogP contribution >= 0.6 is 11.6 Å². The third-order valence-corrected chi connectivity index (χ3v) is 3.60. The van der Waals surface area contributed by atoms with Crippen LogP contribution in [0.5, 0.6) is 0 Å². The van der Waals surface area contributed by atoms with Crippen LogP contribution in [0.15, 0.2) is 28.8 Å². The summed E-state index contributed by atoms with van der Waals surface area (Å²) in [5, 5.41) is 7.29. The standard InChI is InChI=1S/C17H21ClN2O3/c1-11(2)22-10-6-9-19-17(21)15-12(3)20-23-16(15)13-7-4-5-8-14(13)18/h4-5,7-8,11H,6,9-10H2,1-3H3,(H,19,21). The molecule has 0 unspecified atom stereocenters. The van der Waals surface area contributed by atoms with Crippen molar-refractivity contribution in [3.05, 3.63) is 40.5 Å². The quantitative estimate of drug-likeness (QED) is 0.780. The molecule has 23 heavy (non-hydrogen) atoms. The Morgan fingerprint density at radius 1 is 1.39 bits per heavy atom. The number of carbonyl (C=O) groups is 1. The van der Waals surface area contributed by atoms with E-state index < -0.39 is 0 Å². The molecular formula is C17H21ClN2O3. The van der Waals surface area contributed by atoms with E-state index in [-0.39, 0.29) is 12.0 Å². The Balaban J connectivity index is 2.07. The van der Waals surface area contributed by atoms with Gasteiger partial charge in [-0.2, -0.15) is 0 Å². The van der Waals surface area contributed by atoms with Gasteiger partial charge in [0.1, 0.15) is 5.56 Å². The smallest absolute Gasteiger partial charge is 0.257 e. The molecule has 0 aliphatic rings. The van der Waals surface area contributed by atoms with E-state index in [2.05, 4.69) is 10.5 Å². The summed E-state index contributed by atoms with van der Waals surface area (Å²) in [6.07, 6.45) is 0.938. The highest BCUT2D eigenvalue weighted by Gasteiger charge is 2.22. The highest BCUT2D eigenvalue weighted by Crippen LogP contribution is 2.31. The molecule has 0 aliphatic heterocycles. The number of rotatable bonds is 7. The maximum Gasteiger partial charge on any atom is 0.257 e. The van der Waals surface area contributed by atoms with Gasteiger partial charge in [0, 0.05) is 18.7 Å². The fourth-order valence-corrected chi connectivity index (χ4v) is 2.37. The number of amides is 1. The van der Waals surface area contributed by atoms with E-state index in [1.54, 1.807) is 19.1 Å². The Morgan fingerprint density at radius 3 is 2.83 bits per heavy atom. The van der Waals surface area contributed by atoms with Crippen LogP contribution in [-0.4, -0.2) is 30.3 Å². The van der Waals surface area contributed by atoms with Gasteiger partial charge in [-0.25, -0.2) is 0 Å². The predicted molar refractivity (Wildman–Crippen MR) is 89.7 cm³/mol. The van der Waals surface area contributed by atoms with Gasteiger partial charge in [-0.3, -0.25) is 4.79 Å². The molecule has 1 heterocycles. The minimum atomic E-state index is -0.219. The maximum absolute atomic E-state index is 12.4. The fraction of sp³-hybridized carbons (Fsp3) is 0.412. The zero-order valence-electron chi connectivity index (χ0n) is 13.6. The normalized spacial score (nSPS) is 11.0. The molecule has 1 aromatic carbocycles. The van der Waals surface area contributed by atoms with Crippen molar-refractivity contribution in [2.45, 2.75) is 33.3 Å². The number of nitrogens with one attached hydrogen (secondary N) is 1. The number of aromatic nitrogens is 1. The monoisotopic (exact) mass is 336 g/mol. The van der Waals surface area contributed by atoms with Crippen molar-refractivity contribution in [2.75, 3.05) is 13.2 Å². The Bertz CT molecular complexity index is 668. The minimum absolute atomic E-state index is 0.192. The number of benzene rings is 1. The van der Waals surface area contributed by atoms with Crippen LogP contribution in [0.3, 0.4) is 0 Å². The topological polar surface area (TPSA) is 64.4 Å². The third kappa shape index (κ3) is 4.56. The molecule has 0 aliphatic carbocycles. The summed E-state index contributed by atoms with van der Waals surface area (Å²) in [6.45, 7) is 6.83. The summed E-state index contributed by atoms with van der Waals surface area (Å²) in [5.41, 5.74) is 1.61. The molecule has 6 heteroatoms. The maximum atomic E-state index is 12.4. The molecule has 0 bridgehead atoms. The second-order valence-electron chi connectivity index (χ2n) is 5.48. The number of carbonyl (C=O) groups excluding carboxylic acids is 1. The summed E-state index contributed by atoms with van der Waals surface area (Å²) in [7, 11) is 0. The van der Waals surface area contributed by atoms with Gasteiger partial charge in [0.2, 0.25) is 0 Å². The lowest BCUT2D eigenvalue weighted by Gasteiger charge is -2.08. The van der Waals surface area contributed by atoms with Gasteiger partial charge in [0.15, 0.2) is 5.76 Å². The van der Waals surface area contributed by atoms with Crippen molar-refractivity contribution in [1.29, 1.82) is 0 Å². The van der Waals surface area contributed by atoms with E-state index in [9.17, 15) is 4.79 Å². The molecule has 0 atom stereocenters. The lowest BCUT2D eigenvalue weighted by molar-refractivity contribution is 0.0757. The summed E-state index contributed by atoms with van der Waals surface area (Å²) in [4.78, 5) is 12.4. The first-order valence-corrected chi connectivity index (χ1v) is 7.99. The van der Waals surface area contributed by atoms with E-state index in [0.29, 0.717) is 40.8 Å². The predicted octanol–water partition coefficient (Wildman–Crippen LogP) is 3.85. The fourth-order valence-electron chi connectivity index (χ4n) is 2.15. The van der Waals surface area contributed by atoms with Crippen molar-refractivity contribution in [3.8, 4) is 11.3 Å². The molecule has 0 saturated heterocycles. The molecule has 124 valence electrons. The third-order valence-electron chi connectivity index (χ3n) is 3.27. The summed E-state index contributed by atoms with van der Waals surface area (Å²) >= 11 is 6.18. The van der Waals surface area contributed by atoms with Gasteiger partial charge in [0.05, 0.1) is 16.8 Å². The van der Waals surface area contributed by atoms with Crippen LogP contribution in [0.25, 0.3) is 11.3 Å². The van der Waals surface area contributed by atoms with Crippen LogP contribution in [0.2, 0.25) is 5.02 Å². The first-order chi connectivity index (χ1) is 11.0. The number of hydrogen-bond donors (Lipinski definition) is 1. The van der Waals surface area contributed by atoms with Gasteiger partial charge >= 0.3 is 0 Å². The molecule has 2 rings (SSSR count). The second kappa shape index (κ2) is 8.13. The number of hydrogen-bond acceptors (Lipinski definition) is 4. The zero-order valence-corrected chi connectivity index (χ0v) is 14.3. The zero-order chi connectivity index (χ0) is 16.8. The van der Waals surface area contributed by atoms with Gasteiger partial charge in [0.25, 0.3) is 5.91 Å². The van der Waals surface area contributed by atoms with Gasteiger partial charge in [-0.15, -0.1) is 0 Å². The molecule has 1 N–H and O–H groups in total. The minimum Gasteiger partial charge on any atom is -0.379 e. The molecule has 0 fully saturated rings. The second-order valence-corrected chi connectivity index (χ2v) is 5.89. The molecule has 0 spiro atoms. The number of nitrogens with zero attached hydrogens (tertiary/aromatic N) is 1. The lowest BCUT2D eigenvalue weighted by atomic mass is 10.1. The Hall–Kier alpha value is -1.85. The molecule has 5 nitrogen and oxygen atoms in total. The van der Waals surface area contributed by atoms with E-state index >= 15 is 0 Å². The van der Waals surface area contributed by atoms with Gasteiger partial charge in [-0.05, 0) is 39.3 Å². The molecule has 0 saturated carbocycles. The largest absolute Gasteiger partial charge is 0.379 e. The summed E-state index contributed by atoms with van der Waals surface area (Å²) < 4.78 is 10.8. The molecule has 1 amide bonds. The van der Waals surface area contributed by atoms with Crippen molar-refractivity contribution in [1.82, 2.24) is 10.5 Å². The molecule has 2 aromatic rings. The van der Waals surface area contributed by atoms with Gasteiger partial charge < -0.3 is 14.6 Å². The van der Waals surface area contributed by atoms with E-state index in [0.717, 1.165) is 6.42 Å². The van der Waals surface area contributed by atoms with Crippen molar-refractivity contribution >= 4 is 17.5 Å². The average Bonchev–Trinajstić information content (AvgIpc) is 2.88. The number of ether oxygens (including phenoxy) is 1. The van der Waals surface area contributed by atoms with Crippen molar-refractivity contribution in [2.24, 2.45) is 0 Å². The van der Waals surface area contributed by atoms with Crippen LogP contribution in [0, 0.1) is 6.92 Å². The van der Waals surface area contributed by atoms with Crippen LogP contribution in [0.4, 0.5) is 0 Å². The van der Waals surface area contributed by atoms with E-state index in [1.807, 2.05) is 26.0 Å². The Kier molecular flexibility index (Phi) is 6.19. The number of aryl methyl sites for hydroxylation is 1. The highest BCUT2D eigenvalue weighted by atomic mass is 35.5. The number of halogens is 1. The van der Waals surface area contributed by atoms with E-state index in [1.165, 1.54) is 0 Å². The lowest BCUT2D eigenvalue weighted by Crippen LogP contribution is -2.26. The average molecular weight is 337 g/mol. The molecule has 1 aromatic heterocycles. The SMILES string of the molecule is Cc1noc(-c2ccccc2Cl)c1C(=O)NCCCOC(C)C. The highest BCUT2D eigenvalue weighted by molar-refractivity contribution is 6.33. The first kappa shape index (κ1) is 17.5. The molecule has 0 radical (unpaired) electrons. The Morgan fingerprint density at radius 2 is 2.13 bits per heavy atom. The van der Waals surface area contributed by atoms with Crippen molar-refractivity contribution < 1.29 is 14.1 Å². The summed E-state index contributed by atoms with van der Waals surface area (Å²) in [5.74, 6) is 0.173. The van der Waals surface area contributed by atoms with Crippen LogP contribution in [-0.2, 0) is 4.74 Å². The van der Waals surface area contributed by atoms with E-state index in [4.69, 9.17) is 20.9 Å². The molecular weight excluding hydrogens is 316 g/mol. The Labute approximate surface area is 141 Å². The van der Waals surface area contributed by atoms with Crippen LogP contribution in [0.1, 0.15) is 36.3 Å². The van der Waals surface area contributed by atoms with Crippen LogP contribution < -0.4 is 5.32 Å². The van der Waals surface area contributed by atoms with Gasteiger partial charge in [-0.1, -0.05) is 28.9 Å². The van der Waals surface area contributed by atoms with Crippen molar-refractivity contribution in [3.63, 3.8) is 0 Å². The summed E-state index contributed by atoms with van der Waals surface area (Å²) in [6, 6.07) is 7.21.